The molecule has 7 N–H and O–H groups in total. The SMILES string of the molecule is C[n+]1cc(-c2ccc(OC[C@@H](OC=O)O/N=C(\C(=O)C[C@@H]3C(=O)N(OS(=O)(=O)O)C3(C)C)c3csc(N)n3)cc2)ccc1CC(=O)[C@@H](N)CCCCN. The van der Waals surface area contributed by atoms with Crippen LogP contribution in [0.15, 0.2) is 53.1 Å². The van der Waals surface area contributed by atoms with Crippen LogP contribution in [0.4, 0.5) is 5.13 Å². The summed E-state index contributed by atoms with van der Waals surface area (Å²) in [5.74, 6) is -2.30. The second kappa shape index (κ2) is 17.8. The van der Waals surface area contributed by atoms with E-state index < -0.39 is 52.3 Å². The van der Waals surface area contributed by atoms with Gasteiger partial charge in [0.15, 0.2) is 40.9 Å². The van der Waals surface area contributed by atoms with Crippen LogP contribution in [0.5, 0.6) is 5.75 Å². The maximum atomic E-state index is 13.4. The largest absolute Gasteiger partial charge is 0.486 e. The van der Waals surface area contributed by atoms with Gasteiger partial charge in [0.1, 0.15) is 18.5 Å². The Hall–Kier alpha value is -4.86. The third-order valence-electron chi connectivity index (χ3n) is 8.48. The molecule has 0 aliphatic carbocycles. The van der Waals surface area contributed by atoms with E-state index in [9.17, 15) is 27.6 Å². The van der Waals surface area contributed by atoms with Crippen LogP contribution in [0.2, 0.25) is 0 Å². The van der Waals surface area contributed by atoms with E-state index in [0.29, 0.717) is 23.8 Å². The molecule has 20 heteroatoms. The Labute approximate surface area is 309 Å². The maximum absolute atomic E-state index is 13.4. The van der Waals surface area contributed by atoms with Crippen molar-refractivity contribution in [1.29, 1.82) is 0 Å². The summed E-state index contributed by atoms with van der Waals surface area (Å²) in [7, 11) is -3.14. The van der Waals surface area contributed by atoms with Gasteiger partial charge in [0.25, 0.3) is 12.4 Å². The molecule has 0 saturated carbocycles. The molecular formula is C33H42N7O11S2+. The van der Waals surface area contributed by atoms with Crippen LogP contribution in [0.1, 0.15) is 50.9 Å². The highest BCUT2D eigenvalue weighted by atomic mass is 32.3. The van der Waals surface area contributed by atoms with Gasteiger partial charge in [0, 0.05) is 23.4 Å². The first-order valence-corrected chi connectivity index (χ1v) is 18.6. The number of thiazole rings is 1. The number of nitrogen functional groups attached to an aromatic ring is 1. The van der Waals surface area contributed by atoms with Crippen LogP contribution in [-0.2, 0) is 56.9 Å². The van der Waals surface area contributed by atoms with Gasteiger partial charge in [0.05, 0.1) is 23.9 Å². The summed E-state index contributed by atoms with van der Waals surface area (Å²) in [5.41, 5.74) is 18.3. The molecule has 3 atom stereocenters. The van der Waals surface area contributed by atoms with Gasteiger partial charge in [-0.25, -0.2) is 9.55 Å². The van der Waals surface area contributed by atoms with Gasteiger partial charge < -0.3 is 31.5 Å². The van der Waals surface area contributed by atoms with Crippen LogP contribution in [0.25, 0.3) is 11.1 Å². The number of ketones is 2. The molecule has 1 amide bonds. The minimum Gasteiger partial charge on any atom is -0.486 e. The standard InChI is InChI=1S/C33H41N7O11S2/c1-33(2)24(31(44)40(33)51-53(45,46)47)15-28(43)30(26-18-52-32(36)37-26)38-50-29(49-19-41)17-48-23-11-8-20(9-12-23)21-7-10-22(39(3)16-21)14-27(42)25(35)6-4-5-13-34/h7-12,16,18-19,24-25,29H,4-6,13-15,17,34-35H2,1-3H3,(H2-,36,37,45,46,47)/p+1/b38-30-/t24-,25+,29+/m1/s1. The molecule has 0 bridgehead atoms. The fraction of sp³-hybridized carbons (Fsp3) is 0.424. The highest BCUT2D eigenvalue weighted by Crippen LogP contribution is 2.40. The van der Waals surface area contributed by atoms with Gasteiger partial charge in [-0.1, -0.05) is 23.7 Å². The zero-order valence-corrected chi connectivity index (χ0v) is 30.9. The van der Waals surface area contributed by atoms with Crippen LogP contribution in [-0.4, -0.2) is 83.7 Å². The number of unbranched alkanes of at least 4 members (excludes halogenated alkanes) is 1. The molecule has 0 radical (unpaired) electrons. The molecular weight excluding hydrogens is 735 g/mol. The molecule has 2 aromatic heterocycles. The Kier molecular flexibility index (Phi) is 13.7. The first kappa shape index (κ1) is 40.9. The Balaban J connectivity index is 1.40. The first-order chi connectivity index (χ1) is 25.0. The summed E-state index contributed by atoms with van der Waals surface area (Å²) in [4.78, 5) is 59.3. The molecule has 18 nitrogen and oxygen atoms in total. The minimum absolute atomic E-state index is 0.0180. The molecule has 53 heavy (non-hydrogen) atoms. The van der Waals surface area contributed by atoms with E-state index in [1.165, 1.54) is 19.2 Å². The number of carbonyl (C=O) groups excluding carboxylic acids is 4. The van der Waals surface area contributed by atoms with Crippen molar-refractivity contribution in [3.05, 3.63) is 59.4 Å². The summed E-state index contributed by atoms with van der Waals surface area (Å²) in [6.07, 6.45) is 2.44. The molecule has 4 rings (SSSR count). The number of oxime groups is 1. The Morgan fingerprint density at radius 1 is 1.17 bits per heavy atom. The monoisotopic (exact) mass is 776 g/mol. The molecule has 1 fully saturated rings. The number of ether oxygens (including phenoxy) is 2. The lowest BCUT2D eigenvalue weighted by Gasteiger charge is -2.50. The number of aromatic nitrogens is 2. The van der Waals surface area contributed by atoms with Gasteiger partial charge in [-0.05, 0) is 57.0 Å². The van der Waals surface area contributed by atoms with Crippen molar-refractivity contribution in [1.82, 2.24) is 10.0 Å². The number of pyridine rings is 1. The van der Waals surface area contributed by atoms with Crippen molar-refractivity contribution in [2.75, 3.05) is 18.9 Å². The van der Waals surface area contributed by atoms with Gasteiger partial charge in [-0.2, -0.15) is 13.5 Å². The maximum Gasteiger partial charge on any atom is 0.418 e. The minimum atomic E-state index is -4.99. The molecule has 0 spiro atoms. The van der Waals surface area contributed by atoms with Gasteiger partial charge in [-0.3, -0.25) is 23.7 Å². The lowest BCUT2D eigenvalue weighted by molar-refractivity contribution is -0.678. The number of Topliss-reactive ketones (excluding diaryl/α,β-unsaturated/α-hetero) is 2. The topological polar surface area (TPSA) is 270 Å². The number of nitrogens with zero attached hydrogens (tertiary/aromatic N) is 4. The van der Waals surface area contributed by atoms with E-state index >= 15 is 0 Å². The number of β-lactam (4-membered cyclic amide) rings is 1. The Morgan fingerprint density at radius 3 is 2.45 bits per heavy atom. The highest BCUT2D eigenvalue weighted by molar-refractivity contribution is 7.80. The van der Waals surface area contributed by atoms with E-state index in [1.54, 1.807) is 12.1 Å². The number of hydrogen-bond donors (Lipinski definition) is 4. The van der Waals surface area contributed by atoms with Crippen molar-refractivity contribution in [2.45, 2.75) is 63.8 Å². The van der Waals surface area contributed by atoms with E-state index in [0.717, 1.165) is 41.0 Å². The average molecular weight is 777 g/mol. The molecule has 286 valence electrons. The summed E-state index contributed by atoms with van der Waals surface area (Å²) in [5, 5.41) is 5.87. The van der Waals surface area contributed by atoms with E-state index in [4.69, 9.17) is 36.1 Å². The van der Waals surface area contributed by atoms with Crippen LogP contribution in [0, 0.1) is 5.92 Å². The number of nitrogens with two attached hydrogens (primary N) is 3. The van der Waals surface area contributed by atoms with E-state index in [2.05, 4.69) is 14.4 Å². The Morgan fingerprint density at radius 2 is 1.87 bits per heavy atom. The van der Waals surface area contributed by atoms with Crippen LogP contribution >= 0.6 is 11.3 Å². The molecule has 3 aromatic rings. The number of amides is 1. The second-order valence-corrected chi connectivity index (χ2v) is 14.5. The van der Waals surface area contributed by atoms with E-state index in [-0.39, 0.29) is 41.8 Å². The lowest BCUT2D eigenvalue weighted by Crippen LogP contribution is -2.68. The summed E-state index contributed by atoms with van der Waals surface area (Å²) in [6.45, 7) is 3.21. The van der Waals surface area contributed by atoms with Crippen molar-refractivity contribution >= 4 is 56.5 Å². The molecule has 1 saturated heterocycles. The third kappa shape index (κ3) is 10.8. The molecule has 3 heterocycles. The van der Waals surface area contributed by atoms with E-state index in [1.807, 2.05) is 42.1 Å². The fourth-order valence-electron chi connectivity index (χ4n) is 5.43. The van der Waals surface area contributed by atoms with Crippen molar-refractivity contribution in [3.8, 4) is 16.9 Å². The lowest BCUT2D eigenvalue weighted by atomic mass is 9.74. The third-order valence-corrected chi connectivity index (χ3v) is 9.49. The number of hydrogen-bond acceptors (Lipinski definition) is 16. The fourth-order valence-corrected chi connectivity index (χ4v) is 6.44. The first-order valence-electron chi connectivity index (χ1n) is 16.3. The number of carbonyl (C=O) groups is 4. The normalized spacial score (nSPS) is 16.7. The molecule has 1 aliphatic rings. The average Bonchev–Trinajstić information content (AvgIpc) is 3.54. The number of benzene rings is 1. The number of aryl methyl sites for hydroxylation is 1. The predicted octanol–water partition coefficient (Wildman–Crippen LogP) is 1.01. The number of hydroxylamine groups is 2. The van der Waals surface area contributed by atoms with Crippen molar-refractivity contribution in [2.24, 2.45) is 29.6 Å². The van der Waals surface area contributed by atoms with Crippen LogP contribution < -0.4 is 26.5 Å². The zero-order chi connectivity index (χ0) is 38.9. The number of rotatable bonds is 21. The van der Waals surface area contributed by atoms with Crippen molar-refractivity contribution < 1.29 is 55.3 Å². The molecule has 0 unspecified atom stereocenters. The van der Waals surface area contributed by atoms with Gasteiger partial charge in [0.2, 0.25) is 0 Å². The number of anilines is 1. The summed E-state index contributed by atoms with van der Waals surface area (Å²) in [6, 6.07) is 10.2. The van der Waals surface area contributed by atoms with Gasteiger partial charge >= 0.3 is 16.7 Å². The quantitative estimate of drug-likeness (QED) is 0.0172. The summed E-state index contributed by atoms with van der Waals surface area (Å²) < 4.78 is 48.2. The highest BCUT2D eigenvalue weighted by Gasteiger charge is 2.57. The summed E-state index contributed by atoms with van der Waals surface area (Å²) >= 11 is 1.01. The Bertz CT molecular complexity index is 1930. The smallest absolute Gasteiger partial charge is 0.418 e. The van der Waals surface area contributed by atoms with Crippen molar-refractivity contribution in [3.63, 3.8) is 0 Å². The predicted molar refractivity (Wildman–Crippen MR) is 190 cm³/mol. The second-order valence-electron chi connectivity index (χ2n) is 12.6. The van der Waals surface area contributed by atoms with Crippen LogP contribution in [0.3, 0.4) is 0 Å². The molecule has 1 aromatic carbocycles. The molecule has 1 aliphatic heterocycles. The van der Waals surface area contributed by atoms with Gasteiger partial charge in [-0.15, -0.1) is 15.6 Å². The zero-order valence-electron chi connectivity index (χ0n) is 29.2.